The maximum atomic E-state index is 12.3. The van der Waals surface area contributed by atoms with Crippen molar-refractivity contribution < 1.29 is 14.3 Å². The summed E-state index contributed by atoms with van der Waals surface area (Å²) in [5, 5.41) is 2.99. The Bertz CT molecular complexity index is 452. The second-order valence-corrected chi connectivity index (χ2v) is 5.52. The molecule has 22 heavy (non-hydrogen) atoms. The summed E-state index contributed by atoms with van der Waals surface area (Å²) in [6.45, 7) is 7.14. The van der Waals surface area contributed by atoms with Crippen LogP contribution in [0.5, 0.6) is 0 Å². The Morgan fingerprint density at radius 1 is 1.45 bits per heavy atom. The van der Waals surface area contributed by atoms with Gasteiger partial charge in [-0.15, -0.1) is 0 Å². The third kappa shape index (κ3) is 5.00. The largest absolute Gasteiger partial charge is 0.377 e. The third-order valence-electron chi connectivity index (χ3n) is 3.72. The van der Waals surface area contributed by atoms with E-state index in [-0.39, 0.29) is 18.2 Å². The van der Waals surface area contributed by atoms with Gasteiger partial charge in [-0.3, -0.25) is 0 Å². The van der Waals surface area contributed by atoms with Gasteiger partial charge in [-0.1, -0.05) is 30.3 Å². The van der Waals surface area contributed by atoms with Crippen molar-refractivity contribution >= 4 is 6.03 Å². The third-order valence-corrected chi connectivity index (χ3v) is 3.72. The number of rotatable bonds is 5. The minimum atomic E-state index is -0.115. The highest BCUT2D eigenvalue weighted by atomic mass is 16.5. The molecule has 0 radical (unpaired) electrons. The Labute approximate surface area is 132 Å². The number of hydrogen-bond acceptors (Lipinski definition) is 3. The number of carbonyl (C=O) groups excluding carboxylic acids is 1. The standard InChI is InChI=1S/C17H26N2O3/c1-3-21-16(15-8-5-4-6-9-15)12-18-17(20)19-10-7-11-22-14(2)13-19/h4-6,8-9,14,16H,3,7,10-13H2,1-2H3,(H,18,20)/t14-,16+/m0/s1. The molecule has 1 N–H and O–H groups in total. The molecular weight excluding hydrogens is 280 g/mol. The van der Waals surface area contributed by atoms with Crippen molar-refractivity contribution in [2.24, 2.45) is 0 Å². The van der Waals surface area contributed by atoms with Gasteiger partial charge in [0, 0.05) is 32.8 Å². The van der Waals surface area contributed by atoms with Crippen LogP contribution in [0.3, 0.4) is 0 Å². The minimum Gasteiger partial charge on any atom is -0.377 e. The molecule has 1 aliphatic rings. The van der Waals surface area contributed by atoms with Crippen LogP contribution in [0.25, 0.3) is 0 Å². The minimum absolute atomic E-state index is 0.0435. The van der Waals surface area contributed by atoms with E-state index < -0.39 is 0 Å². The summed E-state index contributed by atoms with van der Waals surface area (Å²) in [5.41, 5.74) is 1.08. The van der Waals surface area contributed by atoms with Gasteiger partial charge in [0.25, 0.3) is 0 Å². The summed E-state index contributed by atoms with van der Waals surface area (Å²) < 4.78 is 11.3. The molecular formula is C17H26N2O3. The van der Waals surface area contributed by atoms with Gasteiger partial charge in [0.1, 0.15) is 0 Å². The lowest BCUT2D eigenvalue weighted by Gasteiger charge is -2.24. The van der Waals surface area contributed by atoms with Gasteiger partial charge in [0.05, 0.1) is 12.2 Å². The van der Waals surface area contributed by atoms with Crippen LogP contribution < -0.4 is 5.32 Å². The van der Waals surface area contributed by atoms with Crippen LogP contribution in [0.1, 0.15) is 31.9 Å². The highest BCUT2D eigenvalue weighted by molar-refractivity contribution is 5.74. The van der Waals surface area contributed by atoms with Crippen LogP contribution in [0.2, 0.25) is 0 Å². The predicted octanol–water partition coefficient (Wildman–Crippen LogP) is 2.58. The predicted molar refractivity (Wildman–Crippen MR) is 85.8 cm³/mol. The van der Waals surface area contributed by atoms with E-state index in [0.717, 1.165) is 25.1 Å². The molecule has 5 nitrogen and oxygen atoms in total. The van der Waals surface area contributed by atoms with E-state index in [1.54, 1.807) is 0 Å². The first-order valence-corrected chi connectivity index (χ1v) is 8.01. The van der Waals surface area contributed by atoms with Crippen molar-refractivity contribution in [2.75, 3.05) is 32.8 Å². The van der Waals surface area contributed by atoms with E-state index in [2.05, 4.69) is 5.32 Å². The summed E-state index contributed by atoms with van der Waals surface area (Å²) in [4.78, 5) is 14.2. The number of benzene rings is 1. The first kappa shape index (κ1) is 16.8. The van der Waals surface area contributed by atoms with Crippen molar-refractivity contribution in [1.82, 2.24) is 10.2 Å². The Balaban J connectivity index is 1.89. The second kappa shape index (κ2) is 8.76. The van der Waals surface area contributed by atoms with Crippen LogP contribution in [-0.4, -0.2) is 49.9 Å². The van der Waals surface area contributed by atoms with Crippen molar-refractivity contribution in [2.45, 2.75) is 32.5 Å². The molecule has 0 bridgehead atoms. The van der Waals surface area contributed by atoms with E-state index in [1.807, 2.05) is 49.1 Å². The molecule has 1 aliphatic heterocycles. The van der Waals surface area contributed by atoms with Crippen LogP contribution >= 0.6 is 0 Å². The smallest absolute Gasteiger partial charge is 0.317 e. The molecule has 0 aliphatic carbocycles. The van der Waals surface area contributed by atoms with Gasteiger partial charge in [0.15, 0.2) is 0 Å². The molecule has 5 heteroatoms. The van der Waals surface area contributed by atoms with E-state index in [9.17, 15) is 4.79 Å². The van der Waals surface area contributed by atoms with E-state index in [1.165, 1.54) is 0 Å². The van der Waals surface area contributed by atoms with E-state index in [0.29, 0.717) is 19.7 Å². The number of carbonyl (C=O) groups is 1. The zero-order chi connectivity index (χ0) is 15.8. The zero-order valence-corrected chi connectivity index (χ0v) is 13.5. The lowest BCUT2D eigenvalue weighted by molar-refractivity contribution is 0.0601. The lowest BCUT2D eigenvalue weighted by atomic mass is 10.1. The second-order valence-electron chi connectivity index (χ2n) is 5.52. The van der Waals surface area contributed by atoms with Crippen molar-refractivity contribution in [3.05, 3.63) is 35.9 Å². The fraction of sp³-hybridized carbons (Fsp3) is 0.588. The number of nitrogens with one attached hydrogen (secondary N) is 1. The molecule has 0 spiro atoms. The molecule has 1 saturated heterocycles. The molecule has 2 amide bonds. The van der Waals surface area contributed by atoms with Gasteiger partial charge < -0.3 is 19.7 Å². The van der Waals surface area contributed by atoms with Gasteiger partial charge in [-0.05, 0) is 25.8 Å². The molecule has 2 atom stereocenters. The first-order valence-electron chi connectivity index (χ1n) is 8.01. The molecule has 1 heterocycles. The Hall–Kier alpha value is -1.59. The summed E-state index contributed by atoms with van der Waals surface area (Å²) in [6, 6.07) is 9.94. The fourth-order valence-corrected chi connectivity index (χ4v) is 2.61. The van der Waals surface area contributed by atoms with Crippen molar-refractivity contribution in [1.29, 1.82) is 0 Å². The Morgan fingerprint density at radius 2 is 2.23 bits per heavy atom. The monoisotopic (exact) mass is 306 g/mol. The van der Waals surface area contributed by atoms with Crippen LogP contribution in [0, 0.1) is 0 Å². The quantitative estimate of drug-likeness (QED) is 0.909. The molecule has 0 unspecified atom stereocenters. The molecule has 1 fully saturated rings. The SMILES string of the molecule is CCO[C@H](CNC(=O)N1CCCO[C@@H](C)C1)c1ccccc1. The normalized spacial score (nSPS) is 20.3. The van der Waals surface area contributed by atoms with Gasteiger partial charge in [-0.2, -0.15) is 0 Å². The summed E-state index contributed by atoms with van der Waals surface area (Å²) in [7, 11) is 0. The highest BCUT2D eigenvalue weighted by Crippen LogP contribution is 2.16. The van der Waals surface area contributed by atoms with Crippen molar-refractivity contribution in [3.8, 4) is 0 Å². The molecule has 122 valence electrons. The van der Waals surface area contributed by atoms with Gasteiger partial charge >= 0.3 is 6.03 Å². The van der Waals surface area contributed by atoms with Crippen molar-refractivity contribution in [3.63, 3.8) is 0 Å². The Morgan fingerprint density at radius 3 is 2.95 bits per heavy atom. The first-order chi connectivity index (χ1) is 10.7. The highest BCUT2D eigenvalue weighted by Gasteiger charge is 2.21. The maximum absolute atomic E-state index is 12.3. The number of urea groups is 1. The summed E-state index contributed by atoms with van der Waals surface area (Å²) >= 11 is 0. The van der Waals surface area contributed by atoms with E-state index >= 15 is 0 Å². The molecule has 1 aromatic carbocycles. The molecule has 1 aromatic rings. The molecule has 0 saturated carbocycles. The average molecular weight is 306 g/mol. The van der Waals surface area contributed by atoms with E-state index in [4.69, 9.17) is 9.47 Å². The lowest BCUT2D eigenvalue weighted by Crippen LogP contribution is -2.44. The van der Waals surface area contributed by atoms with Crippen LogP contribution in [0.4, 0.5) is 4.79 Å². The topological polar surface area (TPSA) is 50.8 Å². The molecule has 2 rings (SSSR count). The van der Waals surface area contributed by atoms with Gasteiger partial charge in [0.2, 0.25) is 0 Å². The Kier molecular flexibility index (Phi) is 6.68. The number of ether oxygens (including phenoxy) is 2. The summed E-state index contributed by atoms with van der Waals surface area (Å²) in [5.74, 6) is 0. The number of hydrogen-bond donors (Lipinski definition) is 1. The zero-order valence-electron chi connectivity index (χ0n) is 13.5. The van der Waals surface area contributed by atoms with Crippen LogP contribution in [-0.2, 0) is 9.47 Å². The molecule has 0 aromatic heterocycles. The summed E-state index contributed by atoms with van der Waals surface area (Å²) in [6.07, 6.45) is 0.853. The van der Waals surface area contributed by atoms with Gasteiger partial charge in [-0.25, -0.2) is 4.79 Å². The number of nitrogens with zero attached hydrogens (tertiary/aromatic N) is 1. The average Bonchev–Trinajstić information content (AvgIpc) is 2.76. The van der Waals surface area contributed by atoms with Crippen LogP contribution in [0.15, 0.2) is 30.3 Å². The fourth-order valence-electron chi connectivity index (χ4n) is 2.61. The number of amides is 2. The maximum Gasteiger partial charge on any atom is 0.317 e.